The SMILES string of the molecule is COc1ccc(NC(=O)c2cc(C(=O)NC3CCCC3)ccn2)cc1OC. The topological polar surface area (TPSA) is 89.5 Å². The molecule has 1 aromatic heterocycles. The predicted molar refractivity (Wildman–Crippen MR) is 101 cm³/mol. The molecule has 2 aromatic rings. The minimum Gasteiger partial charge on any atom is -0.493 e. The molecule has 1 aliphatic carbocycles. The van der Waals surface area contributed by atoms with Crippen molar-refractivity contribution in [1.82, 2.24) is 10.3 Å². The number of carbonyl (C=O) groups excluding carboxylic acids is 2. The Labute approximate surface area is 158 Å². The van der Waals surface area contributed by atoms with Gasteiger partial charge in [-0.25, -0.2) is 0 Å². The van der Waals surface area contributed by atoms with Crippen LogP contribution in [0.4, 0.5) is 5.69 Å². The van der Waals surface area contributed by atoms with Crippen LogP contribution in [0.5, 0.6) is 11.5 Å². The minimum atomic E-state index is -0.405. The molecule has 2 N–H and O–H groups in total. The van der Waals surface area contributed by atoms with Gasteiger partial charge in [0.1, 0.15) is 5.69 Å². The Morgan fingerprint density at radius 1 is 1.00 bits per heavy atom. The largest absolute Gasteiger partial charge is 0.493 e. The van der Waals surface area contributed by atoms with Crippen molar-refractivity contribution in [3.63, 3.8) is 0 Å². The molecular weight excluding hydrogens is 346 g/mol. The smallest absolute Gasteiger partial charge is 0.274 e. The number of nitrogens with one attached hydrogen (secondary N) is 2. The molecule has 0 unspecified atom stereocenters. The zero-order valence-electron chi connectivity index (χ0n) is 15.5. The highest BCUT2D eigenvalue weighted by atomic mass is 16.5. The van der Waals surface area contributed by atoms with Crippen molar-refractivity contribution in [2.75, 3.05) is 19.5 Å². The summed E-state index contributed by atoms with van der Waals surface area (Å²) in [5.41, 5.74) is 1.14. The number of carbonyl (C=O) groups is 2. The highest BCUT2D eigenvalue weighted by molar-refractivity contribution is 6.05. The first-order valence-corrected chi connectivity index (χ1v) is 8.91. The maximum Gasteiger partial charge on any atom is 0.274 e. The molecule has 2 amide bonds. The monoisotopic (exact) mass is 369 g/mol. The van der Waals surface area contributed by atoms with Crippen LogP contribution in [-0.2, 0) is 0 Å². The van der Waals surface area contributed by atoms with Gasteiger partial charge in [-0.2, -0.15) is 0 Å². The van der Waals surface area contributed by atoms with Crippen molar-refractivity contribution >= 4 is 17.5 Å². The van der Waals surface area contributed by atoms with Gasteiger partial charge in [-0.05, 0) is 37.1 Å². The number of anilines is 1. The van der Waals surface area contributed by atoms with Crippen LogP contribution in [0.15, 0.2) is 36.5 Å². The predicted octanol–water partition coefficient (Wildman–Crippen LogP) is 3.02. The molecule has 1 aliphatic rings. The molecule has 142 valence electrons. The van der Waals surface area contributed by atoms with Crippen LogP contribution in [0.3, 0.4) is 0 Å². The van der Waals surface area contributed by atoms with Gasteiger partial charge in [-0.15, -0.1) is 0 Å². The molecule has 1 fully saturated rings. The second kappa shape index (κ2) is 8.53. The first-order chi connectivity index (χ1) is 13.1. The molecule has 7 heteroatoms. The number of aromatic nitrogens is 1. The fourth-order valence-corrected chi connectivity index (χ4v) is 3.14. The Morgan fingerprint density at radius 2 is 1.74 bits per heavy atom. The average molecular weight is 369 g/mol. The second-order valence-electron chi connectivity index (χ2n) is 6.41. The summed E-state index contributed by atoms with van der Waals surface area (Å²) in [7, 11) is 3.07. The standard InChI is InChI=1S/C20H23N3O4/c1-26-17-8-7-15(12-18(17)27-2)23-20(25)16-11-13(9-10-21-16)19(24)22-14-5-3-4-6-14/h7-12,14H,3-6H2,1-2H3,(H,22,24)(H,23,25). The van der Waals surface area contributed by atoms with Gasteiger partial charge in [-0.1, -0.05) is 12.8 Å². The van der Waals surface area contributed by atoms with E-state index in [1.165, 1.54) is 19.4 Å². The molecule has 0 aliphatic heterocycles. The zero-order valence-corrected chi connectivity index (χ0v) is 15.5. The van der Waals surface area contributed by atoms with Gasteiger partial charge in [0.15, 0.2) is 11.5 Å². The van der Waals surface area contributed by atoms with Crippen LogP contribution in [0.1, 0.15) is 46.5 Å². The lowest BCUT2D eigenvalue weighted by Crippen LogP contribution is -2.32. The maximum atomic E-state index is 12.5. The number of methoxy groups -OCH3 is 2. The first kappa shape index (κ1) is 18.7. The molecule has 0 bridgehead atoms. The van der Waals surface area contributed by atoms with Gasteiger partial charge in [-0.3, -0.25) is 14.6 Å². The van der Waals surface area contributed by atoms with Gasteiger partial charge in [0, 0.05) is 29.6 Å². The molecular formula is C20H23N3O4. The zero-order chi connectivity index (χ0) is 19.2. The van der Waals surface area contributed by atoms with Crippen LogP contribution < -0.4 is 20.1 Å². The molecule has 1 aromatic carbocycles. The first-order valence-electron chi connectivity index (χ1n) is 8.91. The summed E-state index contributed by atoms with van der Waals surface area (Å²) in [5.74, 6) is 0.495. The van der Waals surface area contributed by atoms with Crippen molar-refractivity contribution in [3.05, 3.63) is 47.8 Å². The Hall–Kier alpha value is -3.09. The number of ether oxygens (including phenoxy) is 2. The third-order valence-corrected chi connectivity index (χ3v) is 4.59. The highest BCUT2D eigenvalue weighted by Crippen LogP contribution is 2.29. The van der Waals surface area contributed by atoms with Gasteiger partial charge in [0.05, 0.1) is 14.2 Å². The number of nitrogens with zero attached hydrogens (tertiary/aromatic N) is 1. The molecule has 27 heavy (non-hydrogen) atoms. The molecule has 3 rings (SSSR count). The van der Waals surface area contributed by atoms with E-state index in [4.69, 9.17) is 9.47 Å². The van der Waals surface area contributed by atoms with E-state index < -0.39 is 5.91 Å². The van der Waals surface area contributed by atoms with Crippen LogP contribution >= 0.6 is 0 Å². The molecule has 7 nitrogen and oxygen atoms in total. The van der Waals surface area contributed by atoms with E-state index in [0.29, 0.717) is 22.7 Å². The van der Waals surface area contributed by atoms with E-state index in [1.54, 1.807) is 31.4 Å². The third-order valence-electron chi connectivity index (χ3n) is 4.59. The quantitative estimate of drug-likeness (QED) is 0.817. The Morgan fingerprint density at radius 3 is 2.44 bits per heavy atom. The van der Waals surface area contributed by atoms with Gasteiger partial charge in [0.2, 0.25) is 0 Å². The van der Waals surface area contributed by atoms with E-state index in [2.05, 4.69) is 15.6 Å². The highest BCUT2D eigenvalue weighted by Gasteiger charge is 2.19. The van der Waals surface area contributed by atoms with Crippen LogP contribution in [0, 0.1) is 0 Å². The second-order valence-corrected chi connectivity index (χ2v) is 6.41. The maximum absolute atomic E-state index is 12.5. The average Bonchev–Trinajstić information content (AvgIpc) is 3.21. The van der Waals surface area contributed by atoms with Crippen molar-refractivity contribution in [2.24, 2.45) is 0 Å². The van der Waals surface area contributed by atoms with Gasteiger partial charge in [0.25, 0.3) is 11.8 Å². The van der Waals surface area contributed by atoms with Crippen LogP contribution in [0.2, 0.25) is 0 Å². The molecule has 1 saturated carbocycles. The summed E-state index contributed by atoms with van der Waals surface area (Å²) in [4.78, 5) is 29.0. The van der Waals surface area contributed by atoms with E-state index in [0.717, 1.165) is 25.7 Å². The third kappa shape index (κ3) is 4.55. The molecule has 0 spiro atoms. The minimum absolute atomic E-state index is 0.170. The Balaban J connectivity index is 1.70. The number of pyridine rings is 1. The summed E-state index contributed by atoms with van der Waals surface area (Å²) < 4.78 is 10.4. The summed E-state index contributed by atoms with van der Waals surface area (Å²) in [6.45, 7) is 0. The van der Waals surface area contributed by atoms with E-state index in [-0.39, 0.29) is 17.6 Å². The number of amides is 2. The molecule has 0 radical (unpaired) electrons. The van der Waals surface area contributed by atoms with Crippen molar-refractivity contribution < 1.29 is 19.1 Å². The van der Waals surface area contributed by atoms with Gasteiger partial charge >= 0.3 is 0 Å². The Bertz CT molecular complexity index is 832. The number of benzene rings is 1. The fourth-order valence-electron chi connectivity index (χ4n) is 3.14. The lowest BCUT2D eigenvalue weighted by molar-refractivity contribution is 0.0937. The molecule has 0 saturated heterocycles. The lowest BCUT2D eigenvalue weighted by atomic mass is 10.1. The van der Waals surface area contributed by atoms with E-state index in [1.807, 2.05) is 0 Å². The van der Waals surface area contributed by atoms with Crippen LogP contribution in [0.25, 0.3) is 0 Å². The summed E-state index contributed by atoms with van der Waals surface area (Å²) >= 11 is 0. The summed E-state index contributed by atoms with van der Waals surface area (Å²) in [6, 6.07) is 8.39. The summed E-state index contributed by atoms with van der Waals surface area (Å²) in [6.07, 6.45) is 5.75. The van der Waals surface area contributed by atoms with Crippen molar-refractivity contribution in [3.8, 4) is 11.5 Å². The van der Waals surface area contributed by atoms with Crippen molar-refractivity contribution in [1.29, 1.82) is 0 Å². The normalized spacial score (nSPS) is 13.9. The Kier molecular flexibility index (Phi) is 5.90. The molecule has 1 heterocycles. The summed E-state index contributed by atoms with van der Waals surface area (Å²) in [5, 5.41) is 5.76. The lowest BCUT2D eigenvalue weighted by Gasteiger charge is -2.12. The van der Waals surface area contributed by atoms with Crippen LogP contribution in [-0.4, -0.2) is 37.1 Å². The molecule has 0 atom stereocenters. The van der Waals surface area contributed by atoms with Gasteiger partial charge < -0.3 is 20.1 Å². The number of hydrogen-bond acceptors (Lipinski definition) is 5. The number of hydrogen-bond donors (Lipinski definition) is 2. The van der Waals surface area contributed by atoms with E-state index >= 15 is 0 Å². The van der Waals surface area contributed by atoms with E-state index in [9.17, 15) is 9.59 Å². The number of rotatable bonds is 6. The van der Waals surface area contributed by atoms with Crippen molar-refractivity contribution in [2.45, 2.75) is 31.7 Å². The fraction of sp³-hybridized carbons (Fsp3) is 0.350.